The van der Waals surface area contributed by atoms with Gasteiger partial charge in [0, 0.05) is 57.9 Å². The summed E-state index contributed by atoms with van der Waals surface area (Å²) in [5, 5.41) is 3.23. The van der Waals surface area contributed by atoms with E-state index in [1.165, 1.54) is 47.1 Å². The van der Waals surface area contributed by atoms with E-state index in [-0.39, 0.29) is 50.6 Å². The van der Waals surface area contributed by atoms with Gasteiger partial charge in [-0.15, -0.1) is 0 Å². The van der Waals surface area contributed by atoms with Crippen molar-refractivity contribution in [2.75, 3.05) is 51.1 Å². The zero-order valence-corrected chi connectivity index (χ0v) is 22.0. The number of nitrogens with zero attached hydrogens (tertiary/aromatic N) is 3. The predicted molar refractivity (Wildman–Crippen MR) is 140 cm³/mol. The van der Waals surface area contributed by atoms with Crippen LogP contribution in [0.1, 0.15) is 41.5 Å². The molecule has 1 saturated heterocycles. The van der Waals surface area contributed by atoms with E-state index in [4.69, 9.17) is 0 Å². The number of carbonyl (C=O) groups excluding carboxylic acids is 1. The van der Waals surface area contributed by atoms with Crippen molar-refractivity contribution >= 4 is 11.6 Å². The van der Waals surface area contributed by atoms with Crippen LogP contribution in [0.25, 0.3) is 0 Å². The van der Waals surface area contributed by atoms with Gasteiger partial charge < -0.3 is 10.2 Å². The number of likely N-dealkylation sites (tertiary alicyclic amines) is 1. The van der Waals surface area contributed by atoms with Gasteiger partial charge >= 0.3 is 6.18 Å². The molecule has 0 atom stereocenters. The molecule has 3 aliphatic rings. The van der Waals surface area contributed by atoms with Crippen molar-refractivity contribution in [2.45, 2.75) is 50.9 Å². The first-order valence-corrected chi connectivity index (χ1v) is 13.7. The average Bonchev–Trinajstić information content (AvgIpc) is 3.64. The second-order valence-electron chi connectivity index (χ2n) is 11.1. The van der Waals surface area contributed by atoms with Gasteiger partial charge in [0.25, 0.3) is 5.92 Å². The number of halogens is 5. The summed E-state index contributed by atoms with van der Waals surface area (Å²) < 4.78 is 68.3. The Balaban J connectivity index is 1.27. The minimum atomic E-state index is -4.56. The van der Waals surface area contributed by atoms with Gasteiger partial charge in [0.2, 0.25) is 5.91 Å². The Morgan fingerprint density at radius 2 is 1.85 bits per heavy atom. The fraction of sp³-hybridized carbons (Fsp3) is 0.552. The molecule has 39 heavy (non-hydrogen) atoms. The minimum absolute atomic E-state index is 0.0158. The third kappa shape index (κ3) is 7.28. The highest BCUT2D eigenvalue weighted by Gasteiger charge is 2.38. The second kappa shape index (κ2) is 11.4. The van der Waals surface area contributed by atoms with Crippen molar-refractivity contribution in [1.29, 1.82) is 0 Å². The molecular formula is C29H35F5N4O. The van der Waals surface area contributed by atoms with Crippen LogP contribution in [0.2, 0.25) is 0 Å². The topological polar surface area (TPSA) is 38.8 Å². The lowest BCUT2D eigenvalue weighted by Crippen LogP contribution is -2.41. The highest BCUT2D eigenvalue weighted by atomic mass is 19.4. The number of amides is 1. The fourth-order valence-electron chi connectivity index (χ4n) is 5.63. The van der Waals surface area contributed by atoms with Crippen molar-refractivity contribution in [1.82, 2.24) is 14.7 Å². The Morgan fingerprint density at radius 3 is 2.56 bits per heavy atom. The first-order valence-electron chi connectivity index (χ1n) is 13.7. The number of carbonyl (C=O) groups is 1. The Kier molecular flexibility index (Phi) is 8.14. The van der Waals surface area contributed by atoms with Crippen LogP contribution in [0.15, 0.2) is 42.5 Å². The molecule has 1 amide bonds. The van der Waals surface area contributed by atoms with Crippen LogP contribution < -0.4 is 5.32 Å². The van der Waals surface area contributed by atoms with Crippen LogP contribution in [-0.2, 0) is 30.5 Å². The van der Waals surface area contributed by atoms with Crippen LogP contribution in [0.4, 0.5) is 27.6 Å². The second-order valence-corrected chi connectivity index (χ2v) is 11.1. The molecule has 0 aromatic heterocycles. The van der Waals surface area contributed by atoms with E-state index < -0.39 is 24.2 Å². The van der Waals surface area contributed by atoms with E-state index in [2.05, 4.69) is 16.3 Å². The summed E-state index contributed by atoms with van der Waals surface area (Å²) in [6.45, 7) is 2.63. The zero-order chi connectivity index (χ0) is 27.6. The molecular weight excluding hydrogens is 515 g/mol. The molecule has 1 saturated carbocycles. The number of benzene rings is 2. The maximum absolute atomic E-state index is 13.7. The lowest BCUT2D eigenvalue weighted by atomic mass is 9.97. The summed E-state index contributed by atoms with van der Waals surface area (Å²) in [4.78, 5) is 18.7. The molecule has 2 aromatic carbocycles. The Labute approximate surface area is 225 Å². The largest absolute Gasteiger partial charge is 0.416 e. The van der Waals surface area contributed by atoms with Gasteiger partial charge in [-0.1, -0.05) is 30.3 Å². The maximum Gasteiger partial charge on any atom is 0.416 e. The van der Waals surface area contributed by atoms with Crippen LogP contribution in [-0.4, -0.2) is 72.3 Å². The van der Waals surface area contributed by atoms with Crippen LogP contribution in [0.5, 0.6) is 0 Å². The van der Waals surface area contributed by atoms with Crippen LogP contribution in [0, 0.1) is 5.92 Å². The Bertz CT molecular complexity index is 1170. The van der Waals surface area contributed by atoms with E-state index in [0.29, 0.717) is 0 Å². The highest BCUT2D eigenvalue weighted by Crippen LogP contribution is 2.34. The number of rotatable bonds is 10. The number of hydrogen-bond donors (Lipinski definition) is 1. The lowest BCUT2D eigenvalue weighted by molar-refractivity contribution is -0.139. The quantitative estimate of drug-likeness (QED) is 0.410. The van der Waals surface area contributed by atoms with Crippen molar-refractivity contribution in [2.24, 2.45) is 5.92 Å². The summed E-state index contributed by atoms with van der Waals surface area (Å²) in [5.41, 5.74) is 2.45. The third-order valence-corrected chi connectivity index (χ3v) is 7.96. The van der Waals surface area contributed by atoms with Crippen molar-refractivity contribution in [3.05, 3.63) is 64.7 Å². The van der Waals surface area contributed by atoms with Gasteiger partial charge in [-0.3, -0.25) is 14.6 Å². The van der Waals surface area contributed by atoms with E-state index in [9.17, 15) is 26.7 Å². The minimum Gasteiger partial charge on any atom is -0.376 e. The average molecular weight is 551 g/mol. The Hall–Kier alpha value is -2.72. The predicted octanol–water partition coefficient (Wildman–Crippen LogP) is 5.26. The van der Waals surface area contributed by atoms with Gasteiger partial charge in [-0.2, -0.15) is 13.2 Å². The number of alkyl halides is 5. The summed E-state index contributed by atoms with van der Waals surface area (Å²) >= 11 is 0. The highest BCUT2D eigenvalue weighted by molar-refractivity contribution is 5.81. The molecule has 1 aliphatic carbocycles. The molecule has 0 spiro atoms. The van der Waals surface area contributed by atoms with E-state index in [1.54, 1.807) is 4.90 Å². The standard InChI is InChI=1S/C29H35F5N4O/c30-28(31)11-13-36(20-28)14-15-38(19-23-4-1-2-6-25(23)29(32,33)34)27(39)16-35-26-7-3-5-22-18-37(12-10-24(22)26)17-21-8-9-21/h1-7,21,35H,8-20H2. The van der Waals surface area contributed by atoms with Crippen LogP contribution >= 0.6 is 0 Å². The molecule has 0 bridgehead atoms. The number of hydrogen-bond acceptors (Lipinski definition) is 4. The monoisotopic (exact) mass is 550 g/mol. The third-order valence-electron chi connectivity index (χ3n) is 7.96. The molecule has 2 fully saturated rings. The van der Waals surface area contributed by atoms with Gasteiger partial charge in [-0.25, -0.2) is 8.78 Å². The number of anilines is 1. The van der Waals surface area contributed by atoms with Gasteiger partial charge in [0.05, 0.1) is 18.7 Å². The first-order chi connectivity index (χ1) is 18.6. The first kappa shape index (κ1) is 27.8. The van der Waals surface area contributed by atoms with Crippen molar-refractivity contribution in [3.63, 3.8) is 0 Å². The molecule has 212 valence electrons. The normalized spacial score (nSPS) is 19.6. The molecule has 2 aromatic rings. The molecule has 2 aliphatic heterocycles. The molecule has 2 heterocycles. The molecule has 5 nitrogen and oxygen atoms in total. The SMILES string of the molecule is O=C(CNc1cccc2c1CCN(CC1CC1)C2)N(CCN1CCC(F)(F)C1)Cc1ccccc1C(F)(F)F. The molecule has 5 rings (SSSR count). The van der Waals surface area contributed by atoms with E-state index in [1.807, 2.05) is 12.1 Å². The molecule has 10 heteroatoms. The Morgan fingerprint density at radius 1 is 1.05 bits per heavy atom. The van der Waals surface area contributed by atoms with Crippen LogP contribution in [0.3, 0.4) is 0 Å². The van der Waals surface area contributed by atoms with Gasteiger partial charge in [-0.05, 0) is 54.0 Å². The van der Waals surface area contributed by atoms with E-state index in [0.717, 1.165) is 43.7 Å². The zero-order valence-electron chi connectivity index (χ0n) is 22.0. The smallest absolute Gasteiger partial charge is 0.376 e. The molecule has 0 unspecified atom stereocenters. The summed E-state index contributed by atoms with van der Waals surface area (Å²) in [7, 11) is 0. The lowest BCUT2D eigenvalue weighted by Gasteiger charge is -2.30. The van der Waals surface area contributed by atoms with Crippen molar-refractivity contribution < 1.29 is 26.7 Å². The molecule has 0 radical (unpaired) electrons. The molecule has 1 N–H and O–H groups in total. The maximum atomic E-state index is 13.7. The summed E-state index contributed by atoms with van der Waals surface area (Å²) in [5.74, 6) is -2.34. The van der Waals surface area contributed by atoms with E-state index >= 15 is 0 Å². The number of nitrogens with one attached hydrogen (secondary N) is 1. The number of fused-ring (bicyclic) bond motifs is 1. The fourth-order valence-corrected chi connectivity index (χ4v) is 5.63. The van der Waals surface area contributed by atoms with Gasteiger partial charge in [0.15, 0.2) is 0 Å². The van der Waals surface area contributed by atoms with Gasteiger partial charge in [0.1, 0.15) is 0 Å². The summed E-state index contributed by atoms with van der Waals surface area (Å²) in [6, 6.07) is 11.2. The van der Waals surface area contributed by atoms with Crippen molar-refractivity contribution in [3.8, 4) is 0 Å². The summed E-state index contributed by atoms with van der Waals surface area (Å²) in [6.07, 6.45) is -1.34.